The molecule has 2 aromatic carbocycles. The predicted molar refractivity (Wildman–Crippen MR) is 106 cm³/mol. The molecule has 1 atom stereocenters. The number of nitrogens with zero attached hydrogens (tertiary/aromatic N) is 3. The number of anilines is 1. The smallest absolute Gasteiger partial charge is 0.241 e. The fourth-order valence-electron chi connectivity index (χ4n) is 3.15. The summed E-state index contributed by atoms with van der Waals surface area (Å²) < 4.78 is 14.1. The van der Waals surface area contributed by atoms with Crippen LogP contribution in [0.3, 0.4) is 0 Å². The minimum Gasteiger partial charge on any atom is -0.310 e. The molecule has 0 bridgehead atoms. The molecule has 142 valence electrons. The number of carbonyl (C=O) groups excluding carboxylic acids is 1. The van der Waals surface area contributed by atoms with Gasteiger partial charge in [0.05, 0.1) is 19.0 Å². The molecule has 0 aliphatic heterocycles. The van der Waals surface area contributed by atoms with Crippen molar-refractivity contribution in [3.8, 4) is 6.07 Å². The van der Waals surface area contributed by atoms with Crippen molar-refractivity contribution in [2.45, 2.75) is 33.2 Å². The van der Waals surface area contributed by atoms with Gasteiger partial charge in [-0.25, -0.2) is 4.39 Å². The molecule has 1 unspecified atom stereocenters. The summed E-state index contributed by atoms with van der Waals surface area (Å²) >= 11 is 0. The molecule has 0 aromatic heterocycles. The number of hydrogen-bond acceptors (Lipinski definition) is 3. The number of benzene rings is 2. The molecular formula is C22H26FN3O. The highest BCUT2D eigenvalue weighted by atomic mass is 19.1. The van der Waals surface area contributed by atoms with E-state index in [0.717, 1.165) is 16.8 Å². The second-order valence-corrected chi connectivity index (χ2v) is 6.91. The highest BCUT2D eigenvalue weighted by Gasteiger charge is 2.22. The molecule has 0 aliphatic rings. The SMILES string of the molecule is Cc1cc(C)cc(N(CCC#N)C(=O)CN(C)C(C)c2ccccc2F)c1. The first kappa shape index (κ1) is 20.6. The standard InChI is InChI=1S/C22H26FN3O/c1-16-12-17(2)14-19(13-16)26(11-7-10-24)22(27)15-25(4)18(3)20-8-5-6-9-21(20)23/h5-6,8-9,12-14,18H,7,11,15H2,1-4H3. The summed E-state index contributed by atoms with van der Waals surface area (Å²) in [6, 6.07) is 14.4. The molecule has 0 heterocycles. The highest BCUT2D eigenvalue weighted by Crippen LogP contribution is 2.23. The van der Waals surface area contributed by atoms with Crippen LogP contribution in [0.5, 0.6) is 0 Å². The predicted octanol–water partition coefficient (Wildman–Crippen LogP) is 4.38. The molecule has 0 saturated carbocycles. The minimum absolute atomic E-state index is 0.110. The lowest BCUT2D eigenvalue weighted by Crippen LogP contribution is -2.40. The van der Waals surface area contributed by atoms with Gasteiger partial charge < -0.3 is 4.90 Å². The van der Waals surface area contributed by atoms with E-state index in [1.54, 1.807) is 30.1 Å². The largest absolute Gasteiger partial charge is 0.310 e. The second-order valence-electron chi connectivity index (χ2n) is 6.91. The number of likely N-dealkylation sites (N-methyl/N-ethyl adjacent to an activating group) is 1. The average molecular weight is 367 g/mol. The summed E-state index contributed by atoms with van der Waals surface area (Å²) in [4.78, 5) is 16.5. The summed E-state index contributed by atoms with van der Waals surface area (Å²) in [5.74, 6) is -0.388. The van der Waals surface area contributed by atoms with Crippen LogP contribution >= 0.6 is 0 Å². The van der Waals surface area contributed by atoms with Gasteiger partial charge in [-0.1, -0.05) is 24.3 Å². The number of nitriles is 1. The normalized spacial score (nSPS) is 11.9. The molecule has 0 radical (unpaired) electrons. The van der Waals surface area contributed by atoms with Crippen molar-refractivity contribution in [3.63, 3.8) is 0 Å². The monoisotopic (exact) mass is 367 g/mol. The molecule has 4 nitrogen and oxygen atoms in total. The Morgan fingerprint density at radius 3 is 2.41 bits per heavy atom. The molecule has 2 rings (SSSR count). The Hall–Kier alpha value is -2.71. The molecule has 0 aliphatic carbocycles. The van der Waals surface area contributed by atoms with Crippen molar-refractivity contribution in [3.05, 3.63) is 65.0 Å². The van der Waals surface area contributed by atoms with Crippen molar-refractivity contribution < 1.29 is 9.18 Å². The molecule has 5 heteroatoms. The number of amides is 1. The second kappa shape index (κ2) is 9.29. The lowest BCUT2D eigenvalue weighted by atomic mass is 10.1. The van der Waals surface area contributed by atoms with Crippen LogP contribution in [0.1, 0.15) is 36.1 Å². The molecule has 0 N–H and O–H groups in total. The van der Waals surface area contributed by atoms with Gasteiger partial charge >= 0.3 is 0 Å². The summed E-state index contributed by atoms with van der Waals surface area (Å²) in [7, 11) is 1.80. The minimum atomic E-state index is -0.278. The van der Waals surface area contributed by atoms with E-state index >= 15 is 0 Å². The van der Waals surface area contributed by atoms with Crippen LogP contribution in [0.25, 0.3) is 0 Å². The number of hydrogen-bond donors (Lipinski definition) is 0. The third kappa shape index (κ3) is 5.38. The Morgan fingerprint density at radius 1 is 1.19 bits per heavy atom. The molecule has 2 aromatic rings. The van der Waals surface area contributed by atoms with Crippen LogP contribution in [0, 0.1) is 31.0 Å². The molecule has 1 amide bonds. The van der Waals surface area contributed by atoms with Crippen LogP contribution in [0.4, 0.5) is 10.1 Å². The third-order valence-electron chi connectivity index (χ3n) is 4.67. The fraction of sp³-hybridized carbons (Fsp3) is 0.364. The van der Waals surface area contributed by atoms with Gasteiger partial charge in [0.1, 0.15) is 5.82 Å². The number of rotatable bonds is 7. The van der Waals surface area contributed by atoms with Crippen molar-refractivity contribution in [1.29, 1.82) is 5.26 Å². The van der Waals surface area contributed by atoms with Gasteiger partial charge in [0.25, 0.3) is 0 Å². The zero-order valence-corrected chi connectivity index (χ0v) is 16.4. The van der Waals surface area contributed by atoms with Crippen molar-refractivity contribution in [2.75, 3.05) is 25.0 Å². The van der Waals surface area contributed by atoms with E-state index in [1.165, 1.54) is 6.07 Å². The molecule has 27 heavy (non-hydrogen) atoms. The lowest BCUT2D eigenvalue weighted by Gasteiger charge is -2.29. The van der Waals surface area contributed by atoms with Gasteiger partial charge in [-0.05, 0) is 57.1 Å². The maximum absolute atomic E-state index is 14.1. The first-order valence-corrected chi connectivity index (χ1v) is 9.03. The van der Waals surface area contributed by atoms with Gasteiger partial charge in [-0.15, -0.1) is 0 Å². The summed E-state index contributed by atoms with van der Waals surface area (Å²) in [6.45, 7) is 6.31. The van der Waals surface area contributed by atoms with Crippen LogP contribution < -0.4 is 4.90 Å². The number of halogens is 1. The van der Waals surface area contributed by atoms with E-state index in [1.807, 2.05) is 43.9 Å². The maximum atomic E-state index is 14.1. The van der Waals surface area contributed by atoms with Crippen molar-refractivity contribution >= 4 is 11.6 Å². The van der Waals surface area contributed by atoms with Gasteiger partial charge in [0.15, 0.2) is 0 Å². The van der Waals surface area contributed by atoms with Gasteiger partial charge in [-0.2, -0.15) is 5.26 Å². The average Bonchev–Trinajstić information content (AvgIpc) is 2.61. The van der Waals surface area contributed by atoms with E-state index in [2.05, 4.69) is 6.07 Å². The van der Waals surface area contributed by atoms with Crippen LogP contribution in [-0.2, 0) is 4.79 Å². The van der Waals surface area contributed by atoms with Gasteiger partial charge in [0.2, 0.25) is 5.91 Å². The highest BCUT2D eigenvalue weighted by molar-refractivity contribution is 5.95. The number of aryl methyl sites for hydroxylation is 2. The fourth-order valence-corrected chi connectivity index (χ4v) is 3.15. The van der Waals surface area contributed by atoms with E-state index in [-0.39, 0.29) is 30.7 Å². The van der Waals surface area contributed by atoms with Crippen LogP contribution in [0.15, 0.2) is 42.5 Å². The van der Waals surface area contributed by atoms with E-state index in [4.69, 9.17) is 5.26 Å². The van der Waals surface area contributed by atoms with Crippen LogP contribution in [0.2, 0.25) is 0 Å². The van der Waals surface area contributed by atoms with Gasteiger partial charge in [-0.3, -0.25) is 9.69 Å². The van der Waals surface area contributed by atoms with Crippen molar-refractivity contribution in [1.82, 2.24) is 4.90 Å². The number of carbonyl (C=O) groups is 1. The van der Waals surface area contributed by atoms with E-state index in [9.17, 15) is 9.18 Å². The van der Waals surface area contributed by atoms with Gasteiger partial charge in [0, 0.05) is 23.8 Å². The zero-order valence-electron chi connectivity index (χ0n) is 16.4. The Labute approximate surface area is 160 Å². The summed E-state index contributed by atoms with van der Waals surface area (Å²) in [6.07, 6.45) is 0.255. The quantitative estimate of drug-likeness (QED) is 0.729. The Bertz CT molecular complexity index is 823. The van der Waals surface area contributed by atoms with Crippen molar-refractivity contribution in [2.24, 2.45) is 0 Å². The molecule has 0 saturated heterocycles. The first-order chi connectivity index (χ1) is 12.8. The molecule has 0 fully saturated rings. The maximum Gasteiger partial charge on any atom is 0.241 e. The Kier molecular flexibility index (Phi) is 7.09. The van der Waals surface area contributed by atoms with Crippen LogP contribution in [-0.4, -0.2) is 30.9 Å². The zero-order chi connectivity index (χ0) is 20.0. The van der Waals surface area contributed by atoms with E-state index in [0.29, 0.717) is 12.1 Å². The topological polar surface area (TPSA) is 47.3 Å². The first-order valence-electron chi connectivity index (χ1n) is 9.03. The Morgan fingerprint density at radius 2 is 1.81 bits per heavy atom. The molecular weight excluding hydrogens is 341 g/mol. The Balaban J connectivity index is 2.20. The summed E-state index contributed by atoms with van der Waals surface area (Å²) in [5.41, 5.74) is 3.48. The lowest BCUT2D eigenvalue weighted by molar-refractivity contribution is -0.119. The molecule has 0 spiro atoms. The summed E-state index contributed by atoms with van der Waals surface area (Å²) in [5, 5.41) is 8.96. The van der Waals surface area contributed by atoms with E-state index < -0.39 is 0 Å². The third-order valence-corrected chi connectivity index (χ3v) is 4.67.